The molecule has 166 valence electrons. The third-order valence-corrected chi connectivity index (χ3v) is 5.91. The third kappa shape index (κ3) is 3.91. The van der Waals surface area contributed by atoms with Gasteiger partial charge in [-0.25, -0.2) is 4.39 Å². The molecule has 2 aromatic carbocycles. The molecular formula is C25H25FN2O4. The van der Waals surface area contributed by atoms with Crippen molar-refractivity contribution >= 4 is 22.7 Å². The number of benzene rings is 2. The number of likely N-dealkylation sites (N-methyl/N-ethyl adjacent to an activating group) is 1. The van der Waals surface area contributed by atoms with Gasteiger partial charge in [-0.05, 0) is 42.9 Å². The lowest BCUT2D eigenvalue weighted by Gasteiger charge is -2.29. The van der Waals surface area contributed by atoms with Gasteiger partial charge in [0.2, 0.25) is 5.78 Å². The molecule has 0 spiro atoms. The molecule has 0 fully saturated rings. The van der Waals surface area contributed by atoms with Crippen molar-refractivity contribution in [2.45, 2.75) is 19.9 Å². The van der Waals surface area contributed by atoms with Crippen LogP contribution in [0, 0.1) is 5.82 Å². The molecule has 0 saturated carbocycles. The van der Waals surface area contributed by atoms with Crippen LogP contribution in [0.15, 0.2) is 70.3 Å². The monoisotopic (exact) mass is 436 g/mol. The Balaban J connectivity index is 1.75. The number of furan rings is 1. The summed E-state index contributed by atoms with van der Waals surface area (Å²) in [6.07, 6.45) is 0. The van der Waals surface area contributed by atoms with E-state index in [1.807, 2.05) is 26.0 Å². The van der Waals surface area contributed by atoms with E-state index in [1.54, 1.807) is 24.3 Å². The van der Waals surface area contributed by atoms with Crippen LogP contribution in [0.5, 0.6) is 0 Å². The maximum Gasteiger partial charge on any atom is 0.290 e. The second kappa shape index (κ2) is 8.96. The van der Waals surface area contributed by atoms with Crippen LogP contribution >= 0.6 is 0 Å². The number of hydrogen-bond donors (Lipinski definition) is 1. The zero-order chi connectivity index (χ0) is 22.8. The van der Waals surface area contributed by atoms with Crippen LogP contribution in [0.2, 0.25) is 0 Å². The zero-order valence-electron chi connectivity index (χ0n) is 18.0. The van der Waals surface area contributed by atoms with Gasteiger partial charge in [0.25, 0.3) is 5.91 Å². The predicted octanol–water partition coefficient (Wildman–Crippen LogP) is 4.49. The van der Waals surface area contributed by atoms with Gasteiger partial charge in [0.1, 0.15) is 11.4 Å². The van der Waals surface area contributed by atoms with E-state index in [1.165, 1.54) is 23.1 Å². The molecule has 0 radical (unpaired) electrons. The van der Waals surface area contributed by atoms with E-state index >= 15 is 0 Å². The highest BCUT2D eigenvalue weighted by molar-refractivity contribution is 6.16. The molecule has 3 aromatic rings. The lowest BCUT2D eigenvalue weighted by atomic mass is 9.95. The first kappa shape index (κ1) is 21.8. The highest BCUT2D eigenvalue weighted by Gasteiger charge is 2.44. The molecule has 2 heterocycles. The standard InChI is InChI=1S/C25H25FN2O4/c1-3-27(4-2)12-13-28-22(17-9-7-10-18(26)14-17)21(24(30)25(28)31)23(29)20-15-16-8-5-6-11-19(16)32-20/h5-11,14-15,22,30H,3-4,12-13H2,1-2H3/t22-/m0/s1. The number of fused-ring (bicyclic) bond motifs is 1. The Hall–Kier alpha value is -3.45. The molecule has 0 saturated heterocycles. The van der Waals surface area contributed by atoms with E-state index in [0.717, 1.165) is 18.5 Å². The summed E-state index contributed by atoms with van der Waals surface area (Å²) in [5.41, 5.74) is 0.849. The van der Waals surface area contributed by atoms with Gasteiger partial charge in [-0.3, -0.25) is 9.59 Å². The molecule has 1 atom stereocenters. The van der Waals surface area contributed by atoms with Crippen molar-refractivity contribution in [1.82, 2.24) is 9.80 Å². The molecule has 1 aromatic heterocycles. The Morgan fingerprint density at radius 2 is 1.88 bits per heavy atom. The quantitative estimate of drug-likeness (QED) is 0.527. The minimum atomic E-state index is -0.908. The molecule has 1 aliphatic rings. The molecule has 6 nitrogen and oxygen atoms in total. The summed E-state index contributed by atoms with van der Waals surface area (Å²) in [6.45, 7) is 6.48. The molecule has 4 rings (SSSR count). The van der Waals surface area contributed by atoms with Crippen LogP contribution in [0.3, 0.4) is 0 Å². The van der Waals surface area contributed by atoms with Crippen molar-refractivity contribution in [3.63, 3.8) is 0 Å². The highest BCUT2D eigenvalue weighted by atomic mass is 19.1. The van der Waals surface area contributed by atoms with Crippen LogP contribution in [0.4, 0.5) is 4.39 Å². The lowest BCUT2D eigenvalue weighted by molar-refractivity contribution is -0.129. The van der Waals surface area contributed by atoms with Gasteiger partial charge in [0, 0.05) is 18.5 Å². The van der Waals surface area contributed by atoms with Gasteiger partial charge in [0.05, 0.1) is 11.6 Å². The fourth-order valence-corrected chi connectivity index (χ4v) is 4.15. The molecule has 0 aliphatic carbocycles. The summed E-state index contributed by atoms with van der Waals surface area (Å²) in [4.78, 5) is 30.0. The maximum atomic E-state index is 14.1. The zero-order valence-corrected chi connectivity index (χ0v) is 18.0. The average molecular weight is 436 g/mol. The molecular weight excluding hydrogens is 411 g/mol. The average Bonchev–Trinajstić information content (AvgIpc) is 3.34. The smallest absolute Gasteiger partial charge is 0.290 e. The summed E-state index contributed by atoms with van der Waals surface area (Å²) in [6, 6.07) is 13.6. The number of para-hydroxylation sites is 1. The molecule has 0 unspecified atom stereocenters. The number of halogens is 1. The number of nitrogens with zero attached hydrogens (tertiary/aromatic N) is 2. The van der Waals surface area contributed by atoms with Crippen molar-refractivity contribution in [1.29, 1.82) is 0 Å². The van der Waals surface area contributed by atoms with Crippen molar-refractivity contribution in [2.75, 3.05) is 26.2 Å². The lowest BCUT2D eigenvalue weighted by Crippen LogP contribution is -2.38. The normalized spacial score (nSPS) is 16.6. The molecule has 32 heavy (non-hydrogen) atoms. The van der Waals surface area contributed by atoms with Crippen LogP contribution in [-0.2, 0) is 4.79 Å². The number of rotatable bonds is 8. The number of aliphatic hydroxyl groups is 1. The van der Waals surface area contributed by atoms with E-state index in [0.29, 0.717) is 17.7 Å². The Labute approximate surface area is 185 Å². The summed E-state index contributed by atoms with van der Waals surface area (Å²) < 4.78 is 19.8. The minimum absolute atomic E-state index is 0.0209. The number of aliphatic hydroxyl groups excluding tert-OH is 1. The number of ketones is 1. The van der Waals surface area contributed by atoms with Gasteiger partial charge >= 0.3 is 0 Å². The Morgan fingerprint density at radius 1 is 1.12 bits per heavy atom. The molecule has 1 amide bonds. The highest BCUT2D eigenvalue weighted by Crippen LogP contribution is 2.39. The SMILES string of the molecule is CCN(CC)CCN1C(=O)C(O)=C(C(=O)c2cc3ccccc3o2)[C@@H]1c1cccc(F)c1. The number of Topliss-reactive ketones (excluding diaryl/α,β-unsaturated/α-hetero) is 1. The first-order valence-corrected chi connectivity index (χ1v) is 10.7. The fraction of sp³-hybridized carbons (Fsp3) is 0.280. The van der Waals surface area contributed by atoms with Gasteiger partial charge in [-0.2, -0.15) is 0 Å². The number of carbonyl (C=O) groups is 2. The first-order valence-electron chi connectivity index (χ1n) is 10.7. The summed E-state index contributed by atoms with van der Waals surface area (Å²) in [5, 5.41) is 11.5. The van der Waals surface area contributed by atoms with E-state index in [-0.39, 0.29) is 17.9 Å². The predicted molar refractivity (Wildman–Crippen MR) is 119 cm³/mol. The fourth-order valence-electron chi connectivity index (χ4n) is 4.15. The van der Waals surface area contributed by atoms with E-state index in [9.17, 15) is 19.1 Å². The molecule has 1 aliphatic heterocycles. The van der Waals surface area contributed by atoms with E-state index in [2.05, 4.69) is 4.90 Å². The second-order valence-electron chi connectivity index (χ2n) is 7.72. The Bertz CT molecular complexity index is 1160. The van der Waals surface area contributed by atoms with E-state index in [4.69, 9.17) is 4.42 Å². The van der Waals surface area contributed by atoms with Crippen molar-refractivity contribution in [3.05, 3.63) is 83.1 Å². The van der Waals surface area contributed by atoms with Gasteiger partial charge in [0.15, 0.2) is 11.5 Å². The third-order valence-electron chi connectivity index (χ3n) is 5.91. The van der Waals surface area contributed by atoms with Gasteiger partial charge in [-0.15, -0.1) is 0 Å². The molecule has 0 bridgehead atoms. The van der Waals surface area contributed by atoms with Crippen molar-refractivity contribution in [3.8, 4) is 0 Å². The molecule has 1 N–H and O–H groups in total. The van der Waals surface area contributed by atoms with Crippen LogP contribution in [0.25, 0.3) is 11.0 Å². The van der Waals surface area contributed by atoms with Crippen LogP contribution < -0.4 is 0 Å². The summed E-state index contributed by atoms with van der Waals surface area (Å²) >= 11 is 0. The van der Waals surface area contributed by atoms with Crippen LogP contribution in [0.1, 0.15) is 36.0 Å². The van der Waals surface area contributed by atoms with Crippen molar-refractivity contribution in [2.24, 2.45) is 0 Å². The number of amides is 1. The maximum absolute atomic E-state index is 14.1. The van der Waals surface area contributed by atoms with Gasteiger partial charge < -0.3 is 19.3 Å². The molecule has 7 heteroatoms. The van der Waals surface area contributed by atoms with Crippen molar-refractivity contribution < 1.29 is 23.5 Å². The number of carbonyl (C=O) groups excluding carboxylic acids is 2. The second-order valence-corrected chi connectivity index (χ2v) is 7.72. The Morgan fingerprint density at radius 3 is 2.56 bits per heavy atom. The largest absolute Gasteiger partial charge is 0.503 e. The minimum Gasteiger partial charge on any atom is -0.503 e. The summed E-state index contributed by atoms with van der Waals surface area (Å²) in [5.74, 6) is -2.32. The topological polar surface area (TPSA) is 74.0 Å². The Kier molecular flexibility index (Phi) is 6.10. The first-order chi connectivity index (χ1) is 15.4. The summed E-state index contributed by atoms with van der Waals surface area (Å²) in [7, 11) is 0. The number of hydrogen-bond acceptors (Lipinski definition) is 5. The van der Waals surface area contributed by atoms with Gasteiger partial charge in [-0.1, -0.05) is 44.2 Å². The van der Waals surface area contributed by atoms with Crippen LogP contribution in [-0.4, -0.2) is 52.8 Å². The van der Waals surface area contributed by atoms with E-state index < -0.39 is 29.3 Å².